The Kier molecular flexibility index (Phi) is 8.26. The molecule has 1 atom stereocenters. The highest BCUT2D eigenvalue weighted by Gasteiger charge is 2.46. The van der Waals surface area contributed by atoms with E-state index in [1.807, 2.05) is 103 Å². The molecule has 1 aliphatic carbocycles. The molecule has 4 nitrogen and oxygen atoms in total. The number of rotatable bonds is 7. The second kappa shape index (κ2) is 13.2. The van der Waals surface area contributed by atoms with Gasteiger partial charge in [0, 0.05) is 27.8 Å². The Bertz CT molecular complexity index is 2320. The zero-order valence-electron chi connectivity index (χ0n) is 26.4. The molecule has 8 rings (SSSR count). The van der Waals surface area contributed by atoms with Crippen molar-refractivity contribution in [3.63, 3.8) is 0 Å². The lowest BCUT2D eigenvalue weighted by Gasteiger charge is -2.30. The predicted octanol–water partition coefficient (Wildman–Crippen LogP) is 11.2. The van der Waals surface area contributed by atoms with Gasteiger partial charge >= 0.3 is 0 Å². The quantitative estimate of drug-likeness (QED) is 0.166. The van der Waals surface area contributed by atoms with E-state index >= 15 is 0 Å². The number of imidazole rings is 1. The third kappa shape index (κ3) is 5.59. The van der Waals surface area contributed by atoms with Crippen LogP contribution in [0, 0.1) is 0 Å². The summed E-state index contributed by atoms with van der Waals surface area (Å²) in [6.07, 6.45) is 11.3. The molecule has 0 spiro atoms. The van der Waals surface area contributed by atoms with Gasteiger partial charge in [-0.3, -0.25) is 4.57 Å². The lowest BCUT2D eigenvalue weighted by molar-refractivity contribution is 0.409. The minimum Gasteiger partial charge on any atom is -0.275 e. The fourth-order valence-electron chi connectivity index (χ4n) is 6.48. The summed E-state index contributed by atoms with van der Waals surface area (Å²) in [7, 11) is 0. The summed E-state index contributed by atoms with van der Waals surface area (Å²) in [6, 6.07) is 46.3. The topological polar surface area (TPSA) is 42.5 Å². The van der Waals surface area contributed by atoms with Crippen molar-refractivity contribution in [2.75, 3.05) is 0 Å². The average Bonchev–Trinajstić information content (AvgIpc) is 3.63. The number of halogens is 2. The fourth-order valence-corrected chi connectivity index (χ4v) is 6.96. The third-order valence-electron chi connectivity index (χ3n) is 8.71. The van der Waals surface area contributed by atoms with Gasteiger partial charge in [0.25, 0.3) is 5.79 Å². The van der Waals surface area contributed by atoms with E-state index in [1.54, 1.807) is 0 Å². The Balaban J connectivity index is 1.57. The van der Waals surface area contributed by atoms with Crippen molar-refractivity contribution in [2.24, 2.45) is 9.98 Å². The SMILES string of the molecule is Clc1ccccc1-c1nc(-c2ccccc2)c(-c2ccccc2)n1C1(c2ccccc2Cl)N=C(C2=CCC=CC=C2)C(c2ccccc2)=N1. The molecule has 6 aromatic rings. The van der Waals surface area contributed by atoms with Gasteiger partial charge in [0.1, 0.15) is 5.82 Å². The van der Waals surface area contributed by atoms with Crippen LogP contribution in [0.1, 0.15) is 17.5 Å². The summed E-state index contributed by atoms with van der Waals surface area (Å²) in [4.78, 5) is 16.9. The Morgan fingerprint density at radius 3 is 1.86 bits per heavy atom. The first-order valence-corrected chi connectivity index (χ1v) is 16.9. The molecule has 0 saturated carbocycles. The highest BCUT2D eigenvalue weighted by Crippen LogP contribution is 2.48. The van der Waals surface area contributed by atoms with Crippen molar-refractivity contribution in [3.8, 4) is 33.9 Å². The van der Waals surface area contributed by atoms with Gasteiger partial charge in [-0.05, 0) is 30.2 Å². The van der Waals surface area contributed by atoms with E-state index < -0.39 is 5.79 Å². The first kappa shape index (κ1) is 30.8. The summed E-state index contributed by atoms with van der Waals surface area (Å²) >= 11 is 14.2. The Hall–Kier alpha value is -5.55. The minimum absolute atomic E-state index is 0.537. The summed E-state index contributed by atoms with van der Waals surface area (Å²) < 4.78 is 2.14. The number of aliphatic imine (C=N–C) groups is 2. The van der Waals surface area contributed by atoms with E-state index in [0.717, 1.165) is 62.6 Å². The molecule has 2 aliphatic rings. The van der Waals surface area contributed by atoms with Crippen LogP contribution >= 0.6 is 23.2 Å². The molecule has 0 saturated heterocycles. The molecule has 5 aromatic carbocycles. The number of benzene rings is 5. The Morgan fingerprint density at radius 2 is 1.16 bits per heavy atom. The van der Waals surface area contributed by atoms with Gasteiger partial charge in [-0.15, -0.1) is 0 Å². The molecule has 0 radical (unpaired) electrons. The van der Waals surface area contributed by atoms with Crippen molar-refractivity contribution in [1.29, 1.82) is 0 Å². The number of nitrogens with zero attached hydrogens (tertiary/aromatic N) is 4. The monoisotopic (exact) mass is 672 g/mol. The van der Waals surface area contributed by atoms with Crippen molar-refractivity contribution in [2.45, 2.75) is 12.2 Å². The third-order valence-corrected chi connectivity index (χ3v) is 9.37. The molecule has 49 heavy (non-hydrogen) atoms. The van der Waals surface area contributed by atoms with E-state index in [-0.39, 0.29) is 0 Å². The smallest absolute Gasteiger partial charge is 0.263 e. The van der Waals surface area contributed by atoms with Crippen LogP contribution in [-0.4, -0.2) is 21.0 Å². The molecule has 1 unspecified atom stereocenters. The van der Waals surface area contributed by atoms with Gasteiger partial charge < -0.3 is 0 Å². The van der Waals surface area contributed by atoms with Crippen LogP contribution in [-0.2, 0) is 5.79 Å². The first-order valence-electron chi connectivity index (χ1n) is 16.2. The highest BCUT2D eigenvalue weighted by atomic mass is 35.5. The molecule has 2 heterocycles. The van der Waals surface area contributed by atoms with Crippen LogP contribution in [0.3, 0.4) is 0 Å². The lowest BCUT2D eigenvalue weighted by Crippen LogP contribution is -2.31. The van der Waals surface area contributed by atoms with Crippen molar-refractivity contribution >= 4 is 34.6 Å². The molecule has 0 N–H and O–H groups in total. The molecule has 0 fully saturated rings. The maximum absolute atomic E-state index is 7.21. The van der Waals surface area contributed by atoms with Gasteiger partial charge in [0.15, 0.2) is 0 Å². The van der Waals surface area contributed by atoms with Crippen LogP contribution < -0.4 is 0 Å². The Labute approximate surface area is 295 Å². The van der Waals surface area contributed by atoms with Crippen LogP contribution in [0.25, 0.3) is 33.9 Å². The fraction of sp³-hybridized carbons (Fsp3) is 0.0465. The summed E-state index contributed by atoms with van der Waals surface area (Å²) in [5.41, 5.74) is 8.47. The predicted molar refractivity (Wildman–Crippen MR) is 203 cm³/mol. The van der Waals surface area contributed by atoms with Crippen LogP contribution in [0.5, 0.6) is 0 Å². The second-order valence-corrected chi connectivity index (χ2v) is 12.6. The van der Waals surface area contributed by atoms with Crippen LogP contribution in [0.4, 0.5) is 0 Å². The second-order valence-electron chi connectivity index (χ2n) is 11.8. The molecule has 6 heteroatoms. The molecular formula is C43H30Cl2N4. The maximum atomic E-state index is 7.21. The first-order chi connectivity index (χ1) is 24.1. The molecular weight excluding hydrogens is 643 g/mol. The normalized spacial score (nSPS) is 17.0. The molecule has 1 aromatic heterocycles. The average molecular weight is 674 g/mol. The molecule has 0 amide bonds. The van der Waals surface area contributed by atoms with E-state index in [4.69, 9.17) is 38.2 Å². The van der Waals surface area contributed by atoms with Crippen molar-refractivity contribution in [3.05, 3.63) is 197 Å². The van der Waals surface area contributed by atoms with Gasteiger partial charge in [-0.25, -0.2) is 15.0 Å². The summed E-state index contributed by atoms with van der Waals surface area (Å²) in [5.74, 6) is -0.788. The van der Waals surface area contributed by atoms with Gasteiger partial charge in [0.2, 0.25) is 0 Å². The number of hydrogen-bond donors (Lipinski definition) is 0. The number of aromatic nitrogens is 2. The standard InChI is InChI=1S/C43H30Cl2N4/c44-36-28-16-14-26-34(36)42-46-40(32-22-10-4-11-23-32)41(33-24-12-5-13-25-33)49(42)43(35-27-15-17-29-37(35)45)47-38(30-18-6-1-2-7-19-30)39(48-43)31-20-8-3-9-21-31/h1-6,8-29H,7H2. The van der Waals surface area contributed by atoms with E-state index in [1.165, 1.54) is 0 Å². The van der Waals surface area contributed by atoms with E-state index in [2.05, 4.69) is 71.3 Å². The number of allylic oxidation sites excluding steroid dienone is 6. The van der Waals surface area contributed by atoms with Crippen LogP contribution in [0.2, 0.25) is 10.0 Å². The van der Waals surface area contributed by atoms with Gasteiger partial charge in [-0.1, -0.05) is 175 Å². The molecule has 1 aliphatic heterocycles. The molecule has 0 bridgehead atoms. The molecule has 236 valence electrons. The van der Waals surface area contributed by atoms with Crippen molar-refractivity contribution in [1.82, 2.24) is 9.55 Å². The minimum atomic E-state index is -1.41. The zero-order chi connectivity index (χ0) is 33.2. The van der Waals surface area contributed by atoms with Crippen molar-refractivity contribution < 1.29 is 0 Å². The van der Waals surface area contributed by atoms with Gasteiger partial charge in [0.05, 0.1) is 32.9 Å². The Morgan fingerprint density at radius 1 is 0.571 bits per heavy atom. The number of hydrogen-bond acceptors (Lipinski definition) is 3. The van der Waals surface area contributed by atoms with Crippen LogP contribution in [0.15, 0.2) is 185 Å². The van der Waals surface area contributed by atoms with E-state index in [9.17, 15) is 0 Å². The lowest BCUT2D eigenvalue weighted by atomic mass is 9.99. The highest BCUT2D eigenvalue weighted by molar-refractivity contribution is 6.55. The summed E-state index contributed by atoms with van der Waals surface area (Å²) in [6.45, 7) is 0. The van der Waals surface area contributed by atoms with E-state index in [0.29, 0.717) is 15.9 Å². The summed E-state index contributed by atoms with van der Waals surface area (Å²) in [5, 5.41) is 1.10. The van der Waals surface area contributed by atoms with Gasteiger partial charge in [-0.2, -0.15) is 0 Å². The largest absolute Gasteiger partial charge is 0.275 e. The zero-order valence-corrected chi connectivity index (χ0v) is 27.9. The maximum Gasteiger partial charge on any atom is 0.263 e.